The third kappa shape index (κ3) is 6.56. The molecule has 32 heavy (non-hydrogen) atoms. The Morgan fingerprint density at radius 3 is 1.91 bits per heavy atom. The van der Waals surface area contributed by atoms with Gasteiger partial charge < -0.3 is 0 Å². The van der Waals surface area contributed by atoms with Gasteiger partial charge in [0.15, 0.2) is 0 Å². The Kier molecular flexibility index (Phi) is 11.6. The molecular formula is C25H29Br7. The largest absolute Gasteiger partial charge is 0.136 e. The van der Waals surface area contributed by atoms with E-state index in [1.165, 1.54) is 46.2 Å². The summed E-state index contributed by atoms with van der Waals surface area (Å²) in [7, 11) is 0. The number of alkyl halides is 7. The van der Waals surface area contributed by atoms with Crippen LogP contribution in [0.15, 0.2) is 36.4 Å². The molecule has 0 aliphatic heterocycles. The zero-order chi connectivity index (χ0) is 24.3. The van der Waals surface area contributed by atoms with Crippen LogP contribution in [-0.4, -0.2) is 11.3 Å². The summed E-state index contributed by atoms with van der Waals surface area (Å²) in [5.74, 6) is 0. The zero-order valence-corrected chi connectivity index (χ0v) is 29.8. The predicted octanol–water partition coefficient (Wildman–Crippen LogP) is 11.4. The Labute approximate surface area is 252 Å². The van der Waals surface area contributed by atoms with Gasteiger partial charge in [-0.3, -0.25) is 0 Å². The van der Waals surface area contributed by atoms with Gasteiger partial charge in [0.05, 0.1) is 0 Å². The number of hydrogen-bond donors (Lipinski definition) is 0. The molecule has 178 valence electrons. The first kappa shape index (κ1) is 30.0. The Balaban J connectivity index is 2.02. The van der Waals surface area contributed by atoms with Crippen molar-refractivity contribution in [3.05, 3.63) is 69.8 Å². The van der Waals surface area contributed by atoms with Gasteiger partial charge in [0.1, 0.15) is 9.70 Å². The molecule has 2 rings (SSSR count). The molecule has 0 bridgehead atoms. The lowest BCUT2D eigenvalue weighted by atomic mass is 9.96. The molecule has 0 aliphatic carbocycles. The molecule has 0 spiro atoms. The van der Waals surface area contributed by atoms with Gasteiger partial charge in [-0.05, 0) is 80.3 Å². The van der Waals surface area contributed by atoms with Crippen LogP contribution in [0.4, 0.5) is 0 Å². The highest BCUT2D eigenvalue weighted by Gasteiger charge is 2.60. The summed E-state index contributed by atoms with van der Waals surface area (Å²) in [4.78, 5) is 0.175. The van der Waals surface area contributed by atoms with Crippen molar-refractivity contribution in [3.8, 4) is 0 Å². The maximum absolute atomic E-state index is 3.99. The van der Waals surface area contributed by atoms with E-state index < -0.39 is 9.70 Å². The summed E-state index contributed by atoms with van der Waals surface area (Å²) in [5, 5.41) is 0. The molecule has 0 saturated heterocycles. The lowest BCUT2D eigenvalue weighted by Crippen LogP contribution is -2.51. The molecule has 0 N–H and O–H groups in total. The van der Waals surface area contributed by atoms with Gasteiger partial charge in [-0.25, -0.2) is 0 Å². The molecule has 0 fully saturated rings. The number of hydrogen-bond acceptors (Lipinski definition) is 0. The van der Waals surface area contributed by atoms with Crippen LogP contribution in [0.3, 0.4) is 0 Å². The second-order valence-corrected chi connectivity index (χ2v) is 20.0. The molecule has 2 aromatic rings. The second kappa shape index (κ2) is 12.4. The number of unbranched alkanes of at least 4 members (excludes halogenated alkanes) is 2. The lowest BCUT2D eigenvalue weighted by Gasteiger charge is -2.46. The fourth-order valence-corrected chi connectivity index (χ4v) is 9.61. The molecule has 0 nitrogen and oxygen atoms in total. The highest BCUT2D eigenvalue weighted by molar-refractivity contribution is 9.33. The third-order valence-electron chi connectivity index (χ3n) is 6.27. The van der Waals surface area contributed by atoms with Crippen molar-refractivity contribution in [2.75, 3.05) is 0 Å². The van der Waals surface area contributed by atoms with Crippen LogP contribution >= 0.6 is 112 Å². The molecule has 1 unspecified atom stereocenters. The van der Waals surface area contributed by atoms with Crippen molar-refractivity contribution >= 4 is 112 Å². The number of rotatable bonds is 10. The lowest BCUT2D eigenvalue weighted by molar-refractivity contribution is 0.585. The summed E-state index contributed by atoms with van der Waals surface area (Å²) in [6.07, 6.45) is 5.74. The van der Waals surface area contributed by atoms with Crippen molar-refractivity contribution in [2.45, 2.75) is 74.3 Å². The normalized spacial score (nSPS) is 14.0. The number of halogens is 7. The highest BCUT2D eigenvalue weighted by Crippen LogP contribution is 2.66. The van der Waals surface area contributed by atoms with Gasteiger partial charge in [0.25, 0.3) is 0 Å². The monoisotopic (exact) mass is 882 g/mol. The van der Waals surface area contributed by atoms with Gasteiger partial charge in [0, 0.05) is 4.83 Å². The predicted molar refractivity (Wildman–Crippen MR) is 167 cm³/mol. The van der Waals surface area contributed by atoms with Gasteiger partial charge in [0.2, 0.25) is 0 Å². The highest BCUT2D eigenvalue weighted by atomic mass is 79.9. The van der Waals surface area contributed by atoms with Crippen LogP contribution in [0.5, 0.6) is 0 Å². The quantitative estimate of drug-likeness (QED) is 0.165. The van der Waals surface area contributed by atoms with Crippen molar-refractivity contribution in [1.82, 2.24) is 0 Å². The summed E-state index contributed by atoms with van der Waals surface area (Å²) in [6.45, 7) is 8.72. The topological polar surface area (TPSA) is 0 Å². The van der Waals surface area contributed by atoms with Crippen molar-refractivity contribution in [3.63, 3.8) is 0 Å². The fraction of sp³-hybridized carbons (Fsp3) is 0.520. The van der Waals surface area contributed by atoms with Crippen LogP contribution in [0.2, 0.25) is 0 Å². The second-order valence-electron chi connectivity index (χ2n) is 8.45. The summed E-state index contributed by atoms with van der Waals surface area (Å²) in [5.41, 5.74) is 7.98. The summed E-state index contributed by atoms with van der Waals surface area (Å²) in [6, 6.07) is 13.0. The van der Waals surface area contributed by atoms with E-state index in [9.17, 15) is 0 Å². The molecule has 0 radical (unpaired) electrons. The van der Waals surface area contributed by atoms with E-state index in [1.54, 1.807) is 0 Å². The van der Waals surface area contributed by atoms with E-state index in [0.29, 0.717) is 0 Å². The first-order chi connectivity index (χ1) is 14.7. The first-order valence-electron chi connectivity index (χ1n) is 10.6. The molecule has 0 aliphatic rings. The van der Waals surface area contributed by atoms with Gasteiger partial charge in [-0.2, -0.15) is 0 Å². The van der Waals surface area contributed by atoms with Gasteiger partial charge in [-0.1, -0.05) is 161 Å². The molecule has 0 amide bonds. The Morgan fingerprint density at radius 1 is 0.719 bits per heavy atom. The Bertz CT molecular complexity index is 919. The molecule has 7 heteroatoms. The minimum atomic E-state index is -0.592. The summed E-state index contributed by atoms with van der Waals surface area (Å²) < 4.78 is -1.64. The van der Waals surface area contributed by atoms with E-state index in [4.69, 9.17) is 0 Å². The van der Waals surface area contributed by atoms with Gasteiger partial charge in [-0.15, -0.1) is 0 Å². The first-order valence-corrected chi connectivity index (χ1v) is 16.3. The van der Waals surface area contributed by atoms with Crippen LogP contribution in [0.1, 0.15) is 59.1 Å². The van der Waals surface area contributed by atoms with Crippen LogP contribution in [-0.2, 0) is 9.65 Å². The molecule has 0 saturated carbocycles. The fourth-order valence-electron chi connectivity index (χ4n) is 3.75. The Morgan fingerprint density at radius 2 is 1.28 bits per heavy atom. The SMILES string of the molecule is Cc1cccc(CCCCCC(Br)C(Br)(Br)C(Br)(Br)C(Br)(Br)c2cccc(C)c2C)c1C. The maximum atomic E-state index is 3.99. The van der Waals surface area contributed by atoms with Crippen LogP contribution in [0.25, 0.3) is 0 Å². The third-order valence-corrected chi connectivity index (χ3v) is 19.7. The number of benzene rings is 2. The molecule has 0 heterocycles. The van der Waals surface area contributed by atoms with E-state index in [2.05, 4.69) is 176 Å². The van der Waals surface area contributed by atoms with Gasteiger partial charge >= 0.3 is 0 Å². The van der Waals surface area contributed by atoms with Crippen LogP contribution in [0, 0.1) is 27.7 Å². The van der Waals surface area contributed by atoms with E-state index in [-0.39, 0.29) is 4.83 Å². The molecule has 1 atom stereocenters. The number of aryl methyl sites for hydroxylation is 3. The molecular weight excluding hydrogens is 860 g/mol. The van der Waals surface area contributed by atoms with Crippen molar-refractivity contribution in [1.29, 1.82) is 0 Å². The van der Waals surface area contributed by atoms with E-state index in [1.807, 2.05) is 0 Å². The Hall–Kier alpha value is 1.80. The minimum Gasteiger partial charge on any atom is -0.0865 e. The minimum absolute atomic E-state index is 0.175. The molecule has 2 aromatic carbocycles. The van der Waals surface area contributed by atoms with Crippen LogP contribution < -0.4 is 0 Å². The zero-order valence-electron chi connectivity index (χ0n) is 18.7. The standard InChI is InChI=1S/C25H29Br7/c1-16-10-8-13-20(18(16)3)12-6-5-7-15-22(26)24(29,30)25(31,32)23(27,28)21-14-9-11-17(2)19(21)4/h8-11,13-14,22H,5-7,12,15H2,1-4H3. The van der Waals surface area contributed by atoms with Crippen molar-refractivity contribution < 1.29 is 0 Å². The van der Waals surface area contributed by atoms with Crippen molar-refractivity contribution in [2.24, 2.45) is 0 Å². The smallest absolute Gasteiger partial charge is 0.0865 e. The van der Waals surface area contributed by atoms with E-state index >= 15 is 0 Å². The average molecular weight is 889 g/mol. The summed E-state index contributed by atoms with van der Waals surface area (Å²) >= 11 is 27.9. The molecule has 0 aromatic heterocycles. The average Bonchev–Trinajstić information content (AvgIpc) is 2.72. The van der Waals surface area contributed by atoms with E-state index in [0.717, 1.165) is 19.3 Å². The maximum Gasteiger partial charge on any atom is 0.136 e.